The molecule has 2 saturated heterocycles. The highest BCUT2D eigenvalue weighted by Gasteiger charge is 2.24. The Labute approximate surface area is 133 Å². The van der Waals surface area contributed by atoms with E-state index in [0.717, 1.165) is 18.1 Å². The van der Waals surface area contributed by atoms with Crippen LogP contribution in [0, 0.1) is 0 Å². The number of hydrogen-bond acceptors (Lipinski definition) is 5. The summed E-state index contributed by atoms with van der Waals surface area (Å²) >= 11 is 3.88. The highest BCUT2D eigenvalue weighted by atomic mass is 32.2. The molecular formula is C13H22N2O4S2. The summed E-state index contributed by atoms with van der Waals surface area (Å²) in [6, 6.07) is -0.0112. The van der Waals surface area contributed by atoms with Gasteiger partial charge in [-0.3, -0.25) is 0 Å². The number of carbonyl (C=O) groups excluding carboxylic acids is 1. The summed E-state index contributed by atoms with van der Waals surface area (Å²) < 4.78 is 5.26. The number of carbonyl (C=O) groups is 2. The third kappa shape index (κ3) is 5.96. The van der Waals surface area contributed by atoms with Crippen LogP contribution in [0.3, 0.4) is 0 Å². The van der Waals surface area contributed by atoms with E-state index in [9.17, 15) is 9.59 Å². The number of thioether (sulfide) groups is 2. The molecule has 2 heterocycles. The van der Waals surface area contributed by atoms with Crippen LogP contribution in [-0.4, -0.2) is 76.9 Å². The molecule has 0 radical (unpaired) electrons. The summed E-state index contributed by atoms with van der Waals surface area (Å²) in [5.74, 6) is 2.53. The van der Waals surface area contributed by atoms with E-state index in [2.05, 4.69) is 5.32 Å². The van der Waals surface area contributed by atoms with Gasteiger partial charge in [-0.1, -0.05) is 0 Å². The Hall–Kier alpha value is -0.600. The molecule has 1 atom stereocenters. The zero-order valence-electron chi connectivity index (χ0n) is 12.0. The average Bonchev–Trinajstić information content (AvgIpc) is 2.52. The van der Waals surface area contributed by atoms with Gasteiger partial charge in [-0.2, -0.15) is 23.5 Å². The van der Waals surface area contributed by atoms with E-state index in [4.69, 9.17) is 9.84 Å². The average molecular weight is 334 g/mol. The molecule has 0 aromatic rings. The van der Waals surface area contributed by atoms with Crippen molar-refractivity contribution in [3.63, 3.8) is 0 Å². The molecule has 0 bridgehead atoms. The smallest absolute Gasteiger partial charge is 0.329 e. The molecule has 2 rings (SSSR count). The summed E-state index contributed by atoms with van der Waals surface area (Å²) in [6.07, 6.45) is 1.36. The number of ether oxygens (including phenoxy) is 1. The van der Waals surface area contributed by atoms with Gasteiger partial charge in [0.25, 0.3) is 0 Å². The largest absolute Gasteiger partial charge is 0.480 e. The van der Waals surface area contributed by atoms with Crippen molar-refractivity contribution in [3.8, 4) is 0 Å². The van der Waals surface area contributed by atoms with Crippen LogP contribution in [0.5, 0.6) is 0 Å². The summed E-state index contributed by atoms with van der Waals surface area (Å²) in [6.45, 7) is 1.73. The van der Waals surface area contributed by atoms with Gasteiger partial charge in [0.15, 0.2) is 0 Å². The molecule has 2 aliphatic rings. The molecule has 0 spiro atoms. The van der Waals surface area contributed by atoms with Crippen LogP contribution in [0.1, 0.15) is 12.8 Å². The van der Waals surface area contributed by atoms with Crippen LogP contribution in [-0.2, 0) is 9.53 Å². The molecule has 0 aromatic carbocycles. The van der Waals surface area contributed by atoms with Crippen LogP contribution >= 0.6 is 23.5 Å². The van der Waals surface area contributed by atoms with Crippen LogP contribution in [0.2, 0.25) is 0 Å². The van der Waals surface area contributed by atoms with Crippen molar-refractivity contribution in [1.29, 1.82) is 0 Å². The second-order valence-electron chi connectivity index (χ2n) is 5.14. The summed E-state index contributed by atoms with van der Waals surface area (Å²) in [5, 5.41) is 12.1. The first kappa shape index (κ1) is 16.8. The van der Waals surface area contributed by atoms with Gasteiger partial charge in [-0.25, -0.2) is 9.59 Å². The van der Waals surface area contributed by atoms with E-state index >= 15 is 0 Å². The van der Waals surface area contributed by atoms with Crippen molar-refractivity contribution in [2.75, 3.05) is 43.5 Å². The number of amides is 2. The molecule has 0 aliphatic carbocycles. The molecular weight excluding hydrogens is 312 g/mol. The van der Waals surface area contributed by atoms with Crippen LogP contribution in [0.25, 0.3) is 0 Å². The third-order valence-corrected chi connectivity index (χ3v) is 6.38. The predicted octanol–water partition coefficient (Wildman–Crippen LogP) is 1.11. The first-order valence-electron chi connectivity index (χ1n) is 7.20. The normalized spacial score (nSPS) is 23.8. The molecule has 1 unspecified atom stereocenters. The minimum atomic E-state index is -0.946. The number of urea groups is 1. The number of likely N-dealkylation sites (tertiary alicyclic amines) is 1. The van der Waals surface area contributed by atoms with E-state index in [1.54, 1.807) is 4.90 Å². The van der Waals surface area contributed by atoms with Gasteiger partial charge >= 0.3 is 12.0 Å². The highest BCUT2D eigenvalue weighted by Crippen LogP contribution is 2.23. The topological polar surface area (TPSA) is 78.9 Å². The number of rotatable bonds is 5. The van der Waals surface area contributed by atoms with Crippen molar-refractivity contribution in [2.24, 2.45) is 0 Å². The Morgan fingerprint density at radius 1 is 1.29 bits per heavy atom. The molecule has 2 amide bonds. The summed E-state index contributed by atoms with van der Waals surface area (Å²) in [4.78, 5) is 24.3. The fraction of sp³-hybridized carbons (Fsp3) is 0.846. The van der Waals surface area contributed by atoms with Gasteiger partial charge < -0.3 is 20.1 Å². The molecule has 2 N–H and O–H groups in total. The molecule has 0 aromatic heterocycles. The van der Waals surface area contributed by atoms with E-state index in [0.29, 0.717) is 31.2 Å². The number of nitrogens with zero attached hydrogens (tertiary/aromatic N) is 1. The number of aliphatic carboxylic acids is 1. The monoisotopic (exact) mass is 334 g/mol. The van der Waals surface area contributed by atoms with Crippen molar-refractivity contribution in [3.05, 3.63) is 0 Å². The van der Waals surface area contributed by atoms with E-state index < -0.39 is 5.97 Å². The van der Waals surface area contributed by atoms with E-state index in [1.807, 2.05) is 23.5 Å². The zero-order valence-corrected chi connectivity index (χ0v) is 13.6. The third-order valence-electron chi connectivity index (χ3n) is 3.54. The predicted molar refractivity (Wildman–Crippen MR) is 85.2 cm³/mol. The highest BCUT2D eigenvalue weighted by molar-refractivity contribution is 8.06. The Balaban J connectivity index is 1.62. The zero-order chi connectivity index (χ0) is 15.1. The maximum absolute atomic E-state index is 12.1. The van der Waals surface area contributed by atoms with Crippen LogP contribution in [0.4, 0.5) is 4.79 Å². The lowest BCUT2D eigenvalue weighted by molar-refractivity contribution is -0.145. The van der Waals surface area contributed by atoms with Gasteiger partial charge in [0, 0.05) is 42.1 Å². The van der Waals surface area contributed by atoms with Gasteiger partial charge in [0.05, 0.1) is 6.10 Å². The van der Waals surface area contributed by atoms with E-state index in [-0.39, 0.29) is 18.7 Å². The maximum Gasteiger partial charge on any atom is 0.329 e. The Morgan fingerprint density at radius 3 is 2.67 bits per heavy atom. The molecule has 2 fully saturated rings. The molecule has 21 heavy (non-hydrogen) atoms. The maximum atomic E-state index is 12.1. The Kier molecular flexibility index (Phi) is 6.98. The SMILES string of the molecule is O=C(O)COC1CCN(C(=O)NCC2CSCCS2)CC1. The molecule has 6 nitrogen and oxygen atoms in total. The number of carboxylic acid groups (broad SMARTS) is 1. The van der Waals surface area contributed by atoms with Crippen LogP contribution in [0.15, 0.2) is 0 Å². The number of hydrogen-bond donors (Lipinski definition) is 2. The lowest BCUT2D eigenvalue weighted by Crippen LogP contribution is -2.47. The molecule has 0 saturated carbocycles. The summed E-state index contributed by atoms with van der Waals surface area (Å²) in [7, 11) is 0. The van der Waals surface area contributed by atoms with E-state index in [1.165, 1.54) is 5.75 Å². The van der Waals surface area contributed by atoms with Gasteiger partial charge in [-0.05, 0) is 12.8 Å². The Morgan fingerprint density at radius 2 is 2.05 bits per heavy atom. The summed E-state index contributed by atoms with van der Waals surface area (Å²) in [5.41, 5.74) is 0. The molecule has 8 heteroatoms. The first-order chi connectivity index (χ1) is 10.1. The lowest BCUT2D eigenvalue weighted by atomic mass is 10.1. The van der Waals surface area contributed by atoms with Gasteiger partial charge in [0.2, 0.25) is 0 Å². The molecule has 120 valence electrons. The van der Waals surface area contributed by atoms with Crippen molar-refractivity contribution in [2.45, 2.75) is 24.2 Å². The number of carboxylic acids is 1. The van der Waals surface area contributed by atoms with Gasteiger partial charge in [-0.15, -0.1) is 0 Å². The second-order valence-corrected chi connectivity index (χ2v) is 7.70. The van der Waals surface area contributed by atoms with Crippen molar-refractivity contribution >= 4 is 35.5 Å². The lowest BCUT2D eigenvalue weighted by Gasteiger charge is -2.32. The fourth-order valence-electron chi connectivity index (χ4n) is 2.38. The second kappa shape index (κ2) is 8.75. The van der Waals surface area contributed by atoms with Crippen molar-refractivity contribution < 1.29 is 19.4 Å². The van der Waals surface area contributed by atoms with Crippen LogP contribution < -0.4 is 5.32 Å². The first-order valence-corrected chi connectivity index (χ1v) is 9.41. The quantitative estimate of drug-likeness (QED) is 0.784. The standard InChI is InChI=1S/C13H22N2O4S2/c16-12(17)8-19-10-1-3-15(4-2-10)13(18)14-7-11-9-20-5-6-21-11/h10-11H,1-9H2,(H,14,18)(H,16,17). The van der Waals surface area contributed by atoms with Crippen molar-refractivity contribution in [1.82, 2.24) is 10.2 Å². The Bertz CT molecular complexity index is 356. The minimum Gasteiger partial charge on any atom is -0.480 e. The molecule has 2 aliphatic heterocycles. The minimum absolute atomic E-state index is 0.0112. The number of piperidine rings is 1. The number of nitrogens with one attached hydrogen (secondary N) is 1. The van der Waals surface area contributed by atoms with Gasteiger partial charge in [0.1, 0.15) is 6.61 Å². The fourth-order valence-corrected chi connectivity index (χ4v) is 4.99.